The van der Waals surface area contributed by atoms with Gasteiger partial charge in [0.2, 0.25) is 5.91 Å². The fourth-order valence-corrected chi connectivity index (χ4v) is 4.49. The molecule has 0 aliphatic carbocycles. The van der Waals surface area contributed by atoms with Gasteiger partial charge in [-0.1, -0.05) is 19.9 Å². The summed E-state index contributed by atoms with van der Waals surface area (Å²) in [6, 6.07) is 2.02. The Balaban J connectivity index is 1.89. The van der Waals surface area contributed by atoms with E-state index in [0.29, 0.717) is 19.4 Å². The van der Waals surface area contributed by atoms with Crippen LogP contribution in [0, 0.1) is 5.92 Å². The lowest BCUT2D eigenvalue weighted by Gasteiger charge is -2.21. The third-order valence-corrected chi connectivity index (χ3v) is 5.85. The van der Waals surface area contributed by atoms with Gasteiger partial charge in [0.05, 0.1) is 11.5 Å². The monoisotopic (exact) mass is 382 g/mol. The number of sulfone groups is 1. The van der Waals surface area contributed by atoms with Crippen LogP contribution in [0.3, 0.4) is 0 Å². The third kappa shape index (κ3) is 6.62. The lowest BCUT2D eigenvalue weighted by Crippen LogP contribution is -2.52. The molecule has 1 saturated heterocycles. The van der Waals surface area contributed by atoms with Crippen molar-refractivity contribution >= 4 is 21.8 Å². The molecular formula is C17H26N4O4S. The van der Waals surface area contributed by atoms with Crippen LogP contribution in [-0.2, 0) is 21.2 Å². The number of nitrogens with zero attached hydrogens (tertiary/aromatic N) is 1. The molecule has 0 aromatic carbocycles. The number of hydrogen-bond donors (Lipinski definition) is 3. The maximum absolute atomic E-state index is 12.5. The van der Waals surface area contributed by atoms with E-state index in [1.165, 1.54) is 0 Å². The first-order valence-corrected chi connectivity index (χ1v) is 10.5. The first-order chi connectivity index (χ1) is 12.2. The highest BCUT2D eigenvalue weighted by atomic mass is 32.2. The molecule has 0 bridgehead atoms. The van der Waals surface area contributed by atoms with E-state index in [2.05, 4.69) is 20.9 Å². The maximum Gasteiger partial charge on any atom is 0.315 e. The zero-order valence-electron chi connectivity index (χ0n) is 15.1. The van der Waals surface area contributed by atoms with Crippen LogP contribution >= 0.6 is 0 Å². The van der Waals surface area contributed by atoms with E-state index in [4.69, 9.17) is 0 Å². The number of carbonyl (C=O) groups excluding carboxylic acids is 2. The van der Waals surface area contributed by atoms with Crippen molar-refractivity contribution < 1.29 is 18.0 Å². The molecular weight excluding hydrogens is 356 g/mol. The SMILES string of the molecule is CC(C)C[C@H](NC(=O)N[C@@H]1CCS(=O)(=O)C1)C(=O)NCc1cccnc1. The van der Waals surface area contributed by atoms with Gasteiger partial charge in [-0.3, -0.25) is 9.78 Å². The van der Waals surface area contributed by atoms with Crippen LogP contribution in [0.4, 0.5) is 4.79 Å². The van der Waals surface area contributed by atoms with Crippen LogP contribution in [0.15, 0.2) is 24.5 Å². The Kier molecular flexibility index (Phi) is 6.96. The van der Waals surface area contributed by atoms with Crippen molar-refractivity contribution in [2.24, 2.45) is 5.92 Å². The molecule has 0 saturated carbocycles. The number of urea groups is 1. The lowest BCUT2D eigenvalue weighted by molar-refractivity contribution is -0.123. The quantitative estimate of drug-likeness (QED) is 0.638. The molecule has 1 fully saturated rings. The van der Waals surface area contributed by atoms with E-state index < -0.39 is 28.0 Å². The molecule has 9 heteroatoms. The summed E-state index contributed by atoms with van der Waals surface area (Å²) in [5.74, 6) is -0.0467. The van der Waals surface area contributed by atoms with E-state index in [0.717, 1.165) is 5.56 Å². The van der Waals surface area contributed by atoms with Crippen molar-refractivity contribution in [2.75, 3.05) is 11.5 Å². The van der Waals surface area contributed by atoms with Gasteiger partial charge in [-0.25, -0.2) is 13.2 Å². The summed E-state index contributed by atoms with van der Waals surface area (Å²) in [4.78, 5) is 28.6. The summed E-state index contributed by atoms with van der Waals surface area (Å²) in [7, 11) is -3.07. The van der Waals surface area contributed by atoms with E-state index >= 15 is 0 Å². The Morgan fingerprint density at radius 1 is 1.35 bits per heavy atom. The van der Waals surface area contributed by atoms with E-state index in [-0.39, 0.29) is 23.3 Å². The molecule has 2 atom stereocenters. The minimum Gasteiger partial charge on any atom is -0.350 e. The molecule has 0 radical (unpaired) electrons. The molecule has 3 amide bonds. The topological polar surface area (TPSA) is 117 Å². The molecule has 1 aliphatic rings. The molecule has 0 unspecified atom stereocenters. The van der Waals surface area contributed by atoms with Crippen LogP contribution in [0.1, 0.15) is 32.3 Å². The molecule has 3 N–H and O–H groups in total. The second-order valence-electron chi connectivity index (χ2n) is 6.98. The Labute approximate surface area is 154 Å². The highest BCUT2D eigenvalue weighted by Crippen LogP contribution is 2.11. The van der Waals surface area contributed by atoms with Crippen molar-refractivity contribution in [1.29, 1.82) is 0 Å². The molecule has 0 spiro atoms. The van der Waals surface area contributed by atoms with Gasteiger partial charge in [0.15, 0.2) is 9.84 Å². The Morgan fingerprint density at radius 3 is 2.69 bits per heavy atom. The van der Waals surface area contributed by atoms with Crippen LogP contribution in [0.5, 0.6) is 0 Å². The highest BCUT2D eigenvalue weighted by Gasteiger charge is 2.30. The average molecular weight is 382 g/mol. The number of rotatable bonds is 7. The average Bonchev–Trinajstić information content (AvgIpc) is 2.91. The van der Waals surface area contributed by atoms with Crippen molar-refractivity contribution in [2.45, 2.75) is 45.3 Å². The van der Waals surface area contributed by atoms with E-state index in [1.54, 1.807) is 18.5 Å². The Bertz CT molecular complexity index is 722. The molecule has 144 valence electrons. The summed E-state index contributed by atoms with van der Waals surface area (Å²) in [5.41, 5.74) is 0.866. The van der Waals surface area contributed by atoms with Gasteiger partial charge < -0.3 is 16.0 Å². The van der Waals surface area contributed by atoms with Crippen LogP contribution in [0.2, 0.25) is 0 Å². The van der Waals surface area contributed by atoms with E-state index in [9.17, 15) is 18.0 Å². The number of aromatic nitrogens is 1. The van der Waals surface area contributed by atoms with Gasteiger partial charge in [-0.05, 0) is 30.4 Å². The first-order valence-electron chi connectivity index (χ1n) is 8.69. The lowest BCUT2D eigenvalue weighted by atomic mass is 10.0. The Hall–Kier alpha value is -2.16. The smallest absolute Gasteiger partial charge is 0.315 e. The molecule has 1 aliphatic heterocycles. The minimum atomic E-state index is -3.07. The molecule has 1 aromatic heterocycles. The first kappa shape index (κ1) is 20.2. The van der Waals surface area contributed by atoms with Crippen molar-refractivity contribution in [1.82, 2.24) is 20.9 Å². The Morgan fingerprint density at radius 2 is 2.12 bits per heavy atom. The number of hydrogen-bond acceptors (Lipinski definition) is 5. The molecule has 2 rings (SSSR count). The highest BCUT2D eigenvalue weighted by molar-refractivity contribution is 7.91. The van der Waals surface area contributed by atoms with Gasteiger partial charge in [0.25, 0.3) is 0 Å². The molecule has 26 heavy (non-hydrogen) atoms. The predicted octanol–water partition coefficient (Wildman–Crippen LogP) is 0.599. The van der Waals surface area contributed by atoms with Crippen LogP contribution < -0.4 is 16.0 Å². The molecule has 8 nitrogen and oxygen atoms in total. The second kappa shape index (κ2) is 8.98. The third-order valence-electron chi connectivity index (χ3n) is 4.09. The van der Waals surface area contributed by atoms with E-state index in [1.807, 2.05) is 19.9 Å². The fourth-order valence-electron chi connectivity index (χ4n) is 2.81. The summed E-state index contributed by atoms with van der Waals surface area (Å²) in [6.45, 7) is 4.25. The normalized spacial score (nSPS) is 19.7. The number of nitrogens with one attached hydrogen (secondary N) is 3. The van der Waals surface area contributed by atoms with Crippen molar-refractivity contribution in [3.8, 4) is 0 Å². The zero-order valence-corrected chi connectivity index (χ0v) is 15.9. The van der Waals surface area contributed by atoms with Gasteiger partial charge in [-0.2, -0.15) is 0 Å². The molecule has 1 aromatic rings. The minimum absolute atomic E-state index is 0.0531. The number of amides is 3. The van der Waals surface area contributed by atoms with Gasteiger partial charge in [-0.15, -0.1) is 0 Å². The van der Waals surface area contributed by atoms with Crippen molar-refractivity contribution in [3.05, 3.63) is 30.1 Å². The summed E-state index contributed by atoms with van der Waals surface area (Å²) < 4.78 is 23.0. The number of carbonyl (C=O) groups is 2. The van der Waals surface area contributed by atoms with Gasteiger partial charge in [0, 0.05) is 25.0 Å². The summed E-state index contributed by atoms with van der Waals surface area (Å²) in [6.07, 6.45) is 4.20. The number of pyridine rings is 1. The summed E-state index contributed by atoms with van der Waals surface area (Å²) in [5, 5.41) is 8.11. The standard InChI is InChI=1S/C17H26N4O4S/c1-12(2)8-15(16(22)19-10-13-4-3-6-18-9-13)21-17(23)20-14-5-7-26(24,25)11-14/h3-4,6,9,12,14-15H,5,7-8,10-11H2,1-2H3,(H,19,22)(H2,20,21,23)/t14-,15+/m1/s1. The van der Waals surface area contributed by atoms with Crippen molar-refractivity contribution in [3.63, 3.8) is 0 Å². The fraction of sp³-hybridized carbons (Fsp3) is 0.588. The zero-order chi connectivity index (χ0) is 19.2. The van der Waals surface area contributed by atoms with Gasteiger partial charge in [0.1, 0.15) is 6.04 Å². The second-order valence-corrected chi connectivity index (χ2v) is 9.21. The largest absolute Gasteiger partial charge is 0.350 e. The van der Waals surface area contributed by atoms with Crippen LogP contribution in [0.25, 0.3) is 0 Å². The van der Waals surface area contributed by atoms with Gasteiger partial charge >= 0.3 is 6.03 Å². The van der Waals surface area contributed by atoms with Crippen LogP contribution in [-0.4, -0.2) is 48.9 Å². The predicted molar refractivity (Wildman–Crippen MR) is 98.1 cm³/mol. The molecule has 2 heterocycles. The maximum atomic E-state index is 12.5. The summed E-state index contributed by atoms with van der Waals surface area (Å²) >= 11 is 0.